The molecule has 1 heterocycles. The average molecular weight is 252 g/mol. The van der Waals surface area contributed by atoms with Crippen LogP contribution in [0.4, 0.5) is 5.82 Å². The van der Waals surface area contributed by atoms with Crippen LogP contribution >= 0.6 is 0 Å². The van der Waals surface area contributed by atoms with Gasteiger partial charge in [-0.2, -0.15) is 0 Å². The van der Waals surface area contributed by atoms with Crippen LogP contribution in [0, 0.1) is 5.92 Å². The van der Waals surface area contributed by atoms with Gasteiger partial charge in [0.2, 0.25) is 5.82 Å². The SMILES string of the molecule is CCC(Nc1n[nH]c(=O)[nH]c1=O)C1CCCCC1. The number of nitrogens with one attached hydrogen (secondary N) is 3. The van der Waals surface area contributed by atoms with Crippen molar-refractivity contribution in [3.8, 4) is 0 Å². The second kappa shape index (κ2) is 5.84. The summed E-state index contributed by atoms with van der Waals surface area (Å²) < 4.78 is 0. The first-order chi connectivity index (χ1) is 8.70. The molecule has 1 aliphatic rings. The van der Waals surface area contributed by atoms with Gasteiger partial charge in [-0.1, -0.05) is 26.2 Å². The van der Waals surface area contributed by atoms with Gasteiger partial charge in [0.15, 0.2) is 0 Å². The van der Waals surface area contributed by atoms with Gasteiger partial charge in [0, 0.05) is 6.04 Å². The van der Waals surface area contributed by atoms with Crippen LogP contribution in [-0.4, -0.2) is 21.2 Å². The van der Waals surface area contributed by atoms with Crippen LogP contribution in [0.1, 0.15) is 45.4 Å². The molecule has 100 valence electrons. The number of hydrogen-bond donors (Lipinski definition) is 3. The summed E-state index contributed by atoms with van der Waals surface area (Å²) >= 11 is 0. The van der Waals surface area contributed by atoms with Gasteiger partial charge >= 0.3 is 5.69 Å². The topological polar surface area (TPSA) is 90.6 Å². The average Bonchev–Trinajstić information content (AvgIpc) is 2.39. The molecule has 6 nitrogen and oxygen atoms in total. The first-order valence-electron chi connectivity index (χ1n) is 6.66. The number of H-pyrrole nitrogens is 2. The molecule has 6 heteroatoms. The zero-order chi connectivity index (χ0) is 13.0. The standard InChI is InChI=1S/C12H20N4O2/c1-2-9(8-6-4-3-5-7-8)13-10-11(17)14-12(18)16-15-10/h8-9H,2-7H2,1H3,(H,13,15)(H2,14,16,17,18). The van der Waals surface area contributed by atoms with E-state index in [1.165, 1.54) is 32.1 Å². The van der Waals surface area contributed by atoms with Crippen LogP contribution < -0.4 is 16.6 Å². The first kappa shape index (κ1) is 12.9. The largest absolute Gasteiger partial charge is 0.361 e. The van der Waals surface area contributed by atoms with Crippen molar-refractivity contribution in [2.75, 3.05) is 5.32 Å². The molecular formula is C12H20N4O2. The third kappa shape index (κ3) is 3.00. The Labute approximate surface area is 105 Å². The van der Waals surface area contributed by atoms with Crippen LogP contribution in [0.2, 0.25) is 0 Å². The quantitative estimate of drug-likeness (QED) is 0.751. The smallest absolute Gasteiger partial charge is 0.342 e. The monoisotopic (exact) mass is 252 g/mol. The Hall–Kier alpha value is -1.59. The van der Waals surface area contributed by atoms with Crippen molar-refractivity contribution in [1.29, 1.82) is 0 Å². The van der Waals surface area contributed by atoms with E-state index < -0.39 is 11.2 Å². The second-order valence-electron chi connectivity index (χ2n) is 4.91. The molecule has 0 bridgehead atoms. The van der Waals surface area contributed by atoms with Gasteiger partial charge in [0.25, 0.3) is 5.56 Å². The van der Waals surface area contributed by atoms with Gasteiger partial charge < -0.3 is 5.32 Å². The maximum Gasteiger partial charge on any atom is 0.342 e. The second-order valence-corrected chi connectivity index (χ2v) is 4.91. The zero-order valence-corrected chi connectivity index (χ0v) is 10.7. The Bertz CT molecular complexity index is 487. The number of aromatic nitrogens is 3. The van der Waals surface area contributed by atoms with Gasteiger partial charge in [0.1, 0.15) is 0 Å². The Morgan fingerprint density at radius 1 is 1.33 bits per heavy atom. The Morgan fingerprint density at radius 2 is 2.06 bits per heavy atom. The summed E-state index contributed by atoms with van der Waals surface area (Å²) in [5.41, 5.74) is -1.02. The summed E-state index contributed by atoms with van der Waals surface area (Å²) in [6.07, 6.45) is 7.19. The van der Waals surface area contributed by atoms with Gasteiger partial charge in [0.05, 0.1) is 0 Å². The maximum absolute atomic E-state index is 11.6. The van der Waals surface area contributed by atoms with E-state index in [0.29, 0.717) is 5.92 Å². The molecule has 0 radical (unpaired) electrons. The Morgan fingerprint density at radius 3 is 2.67 bits per heavy atom. The van der Waals surface area contributed by atoms with Crippen molar-refractivity contribution in [2.45, 2.75) is 51.5 Å². The summed E-state index contributed by atoms with van der Waals surface area (Å²) in [5, 5.41) is 9.19. The molecule has 1 aliphatic carbocycles. The molecular weight excluding hydrogens is 232 g/mol. The van der Waals surface area contributed by atoms with E-state index in [4.69, 9.17) is 0 Å². The van der Waals surface area contributed by atoms with E-state index in [1.807, 2.05) is 0 Å². The minimum absolute atomic E-state index is 0.215. The van der Waals surface area contributed by atoms with Crippen LogP contribution in [0.15, 0.2) is 9.59 Å². The predicted octanol–water partition coefficient (Wildman–Crippen LogP) is 1.23. The van der Waals surface area contributed by atoms with Crippen LogP contribution in [0.25, 0.3) is 0 Å². The lowest BCUT2D eigenvalue weighted by Crippen LogP contribution is -2.35. The Kier molecular flexibility index (Phi) is 4.17. The zero-order valence-electron chi connectivity index (χ0n) is 10.7. The van der Waals surface area contributed by atoms with Gasteiger partial charge in [-0.05, 0) is 25.2 Å². The fourth-order valence-electron chi connectivity index (χ4n) is 2.71. The van der Waals surface area contributed by atoms with Crippen molar-refractivity contribution < 1.29 is 0 Å². The highest BCUT2D eigenvalue weighted by atomic mass is 16.2. The summed E-state index contributed by atoms with van der Waals surface area (Å²) in [7, 11) is 0. The highest BCUT2D eigenvalue weighted by Crippen LogP contribution is 2.28. The minimum atomic E-state index is -0.573. The number of hydrogen-bond acceptors (Lipinski definition) is 4. The maximum atomic E-state index is 11.6. The summed E-state index contributed by atoms with van der Waals surface area (Å²) in [5.74, 6) is 0.809. The highest BCUT2D eigenvalue weighted by Gasteiger charge is 2.23. The molecule has 0 aliphatic heterocycles. The lowest BCUT2D eigenvalue weighted by atomic mass is 9.83. The first-order valence-corrected chi connectivity index (χ1v) is 6.66. The molecule has 0 spiro atoms. The van der Waals surface area contributed by atoms with Gasteiger partial charge in [-0.3, -0.25) is 9.78 Å². The molecule has 3 N–H and O–H groups in total. The third-order valence-electron chi connectivity index (χ3n) is 3.69. The van der Waals surface area contributed by atoms with Crippen LogP contribution in [0.3, 0.4) is 0 Å². The van der Waals surface area contributed by atoms with Crippen LogP contribution in [-0.2, 0) is 0 Å². The summed E-state index contributed by atoms with van der Waals surface area (Å²) in [6.45, 7) is 2.10. The number of nitrogens with zero attached hydrogens (tertiary/aromatic N) is 1. The lowest BCUT2D eigenvalue weighted by molar-refractivity contribution is 0.312. The molecule has 1 fully saturated rings. The van der Waals surface area contributed by atoms with Crippen molar-refractivity contribution >= 4 is 5.82 Å². The molecule has 1 aromatic rings. The summed E-state index contributed by atoms with van der Waals surface area (Å²) in [4.78, 5) is 24.7. The van der Waals surface area contributed by atoms with Crippen LogP contribution in [0.5, 0.6) is 0 Å². The fraction of sp³-hybridized carbons (Fsp3) is 0.750. The van der Waals surface area contributed by atoms with E-state index in [1.54, 1.807) is 0 Å². The molecule has 1 saturated carbocycles. The fourth-order valence-corrected chi connectivity index (χ4v) is 2.71. The molecule has 1 atom stereocenters. The van der Waals surface area contributed by atoms with Gasteiger partial charge in [-0.15, -0.1) is 5.10 Å². The molecule has 18 heavy (non-hydrogen) atoms. The minimum Gasteiger partial charge on any atom is -0.361 e. The molecule has 2 rings (SSSR count). The molecule has 1 unspecified atom stereocenters. The number of aromatic amines is 2. The number of anilines is 1. The van der Waals surface area contributed by atoms with Crippen molar-refractivity contribution in [2.24, 2.45) is 5.92 Å². The van der Waals surface area contributed by atoms with E-state index >= 15 is 0 Å². The molecule has 0 saturated heterocycles. The molecule has 0 aromatic carbocycles. The van der Waals surface area contributed by atoms with Gasteiger partial charge in [-0.25, -0.2) is 9.89 Å². The lowest BCUT2D eigenvalue weighted by Gasteiger charge is -2.30. The normalized spacial score (nSPS) is 18.5. The molecule has 1 aromatic heterocycles. The van der Waals surface area contributed by atoms with E-state index in [0.717, 1.165) is 6.42 Å². The number of rotatable bonds is 4. The third-order valence-corrected chi connectivity index (χ3v) is 3.69. The predicted molar refractivity (Wildman–Crippen MR) is 69.8 cm³/mol. The van der Waals surface area contributed by atoms with Crippen molar-refractivity contribution in [1.82, 2.24) is 15.2 Å². The Balaban J connectivity index is 2.09. The summed E-state index contributed by atoms with van der Waals surface area (Å²) in [6, 6.07) is 0.254. The van der Waals surface area contributed by atoms with E-state index in [9.17, 15) is 9.59 Å². The van der Waals surface area contributed by atoms with Crippen molar-refractivity contribution in [3.05, 3.63) is 20.8 Å². The van der Waals surface area contributed by atoms with E-state index in [-0.39, 0.29) is 11.9 Å². The van der Waals surface area contributed by atoms with E-state index in [2.05, 4.69) is 27.4 Å². The molecule has 0 amide bonds. The van der Waals surface area contributed by atoms with Crippen molar-refractivity contribution in [3.63, 3.8) is 0 Å². The highest BCUT2D eigenvalue weighted by molar-refractivity contribution is 5.30.